The second-order valence-electron chi connectivity index (χ2n) is 5.64. The summed E-state index contributed by atoms with van der Waals surface area (Å²) in [6, 6.07) is 0.0411. The van der Waals surface area contributed by atoms with Crippen LogP contribution in [0.15, 0.2) is 4.99 Å². The van der Waals surface area contributed by atoms with Crippen molar-refractivity contribution < 1.29 is 8.42 Å². The number of nitrogens with one attached hydrogen (secondary N) is 2. The van der Waals surface area contributed by atoms with E-state index in [0.29, 0.717) is 18.3 Å². The summed E-state index contributed by atoms with van der Waals surface area (Å²) in [5.41, 5.74) is 0. The SMILES string of the molecule is CN=C(NCC1CCCS1)NC[C@H]1CCCN1S(C)(=O)=O.I. The molecule has 2 saturated heterocycles. The van der Waals surface area contributed by atoms with Gasteiger partial charge < -0.3 is 10.6 Å². The lowest BCUT2D eigenvalue weighted by molar-refractivity contribution is 0.387. The van der Waals surface area contributed by atoms with E-state index in [1.807, 2.05) is 11.8 Å². The van der Waals surface area contributed by atoms with Gasteiger partial charge in [0, 0.05) is 38.0 Å². The quantitative estimate of drug-likeness (QED) is 0.364. The molecular weight excluding hydrogens is 435 g/mol. The second kappa shape index (κ2) is 9.53. The molecule has 2 atom stereocenters. The number of halogens is 1. The summed E-state index contributed by atoms with van der Waals surface area (Å²) < 4.78 is 25.0. The van der Waals surface area contributed by atoms with Gasteiger partial charge in [0.05, 0.1) is 6.26 Å². The number of hydrogen-bond acceptors (Lipinski definition) is 4. The molecule has 0 amide bonds. The fourth-order valence-electron chi connectivity index (χ4n) is 2.90. The Balaban J connectivity index is 0.00000242. The molecule has 22 heavy (non-hydrogen) atoms. The Bertz CT molecular complexity index is 467. The van der Waals surface area contributed by atoms with Crippen molar-refractivity contribution in [3.63, 3.8) is 0 Å². The average Bonchev–Trinajstić information content (AvgIpc) is 3.09. The smallest absolute Gasteiger partial charge is 0.211 e. The fourth-order valence-corrected chi connectivity index (χ4v) is 5.28. The molecule has 2 rings (SSSR count). The molecule has 0 aromatic heterocycles. The minimum absolute atomic E-state index is 0. The monoisotopic (exact) mass is 462 g/mol. The highest BCUT2D eigenvalue weighted by Gasteiger charge is 2.31. The fraction of sp³-hybridized carbons (Fsp3) is 0.923. The first kappa shape index (κ1) is 20.3. The summed E-state index contributed by atoms with van der Waals surface area (Å²) in [7, 11) is -1.35. The van der Waals surface area contributed by atoms with E-state index in [1.54, 1.807) is 11.4 Å². The highest BCUT2D eigenvalue weighted by atomic mass is 127. The van der Waals surface area contributed by atoms with Gasteiger partial charge in [-0.2, -0.15) is 16.1 Å². The van der Waals surface area contributed by atoms with Gasteiger partial charge in [-0.05, 0) is 31.4 Å². The molecule has 2 aliphatic heterocycles. The van der Waals surface area contributed by atoms with E-state index >= 15 is 0 Å². The largest absolute Gasteiger partial charge is 0.355 e. The van der Waals surface area contributed by atoms with Gasteiger partial charge in [0.2, 0.25) is 10.0 Å². The van der Waals surface area contributed by atoms with Gasteiger partial charge in [0.15, 0.2) is 5.96 Å². The summed E-state index contributed by atoms with van der Waals surface area (Å²) in [4.78, 5) is 4.21. The Labute approximate surface area is 155 Å². The van der Waals surface area contributed by atoms with Crippen LogP contribution in [0.2, 0.25) is 0 Å². The molecule has 0 radical (unpaired) electrons. The van der Waals surface area contributed by atoms with Crippen molar-refractivity contribution in [2.75, 3.05) is 38.7 Å². The van der Waals surface area contributed by atoms with E-state index in [9.17, 15) is 8.42 Å². The minimum Gasteiger partial charge on any atom is -0.355 e. The van der Waals surface area contributed by atoms with Gasteiger partial charge in [0.25, 0.3) is 0 Å². The maximum absolute atomic E-state index is 11.7. The Kier molecular flexibility index (Phi) is 8.80. The third kappa shape index (κ3) is 6.04. The zero-order chi connectivity index (χ0) is 15.3. The molecular formula is C13H27IN4O2S2. The summed E-state index contributed by atoms with van der Waals surface area (Å²) in [6.07, 6.45) is 5.70. The van der Waals surface area contributed by atoms with Gasteiger partial charge in [-0.3, -0.25) is 4.99 Å². The summed E-state index contributed by atoms with van der Waals surface area (Å²) in [5.74, 6) is 2.02. The number of hydrogen-bond donors (Lipinski definition) is 2. The molecule has 1 unspecified atom stereocenters. The van der Waals surface area contributed by atoms with E-state index in [-0.39, 0.29) is 30.0 Å². The number of aliphatic imine (C=N–C) groups is 1. The zero-order valence-electron chi connectivity index (χ0n) is 13.2. The first-order valence-electron chi connectivity index (χ1n) is 7.53. The third-order valence-corrected chi connectivity index (χ3v) is 6.73. The Hall–Kier alpha value is 0.260. The van der Waals surface area contributed by atoms with Crippen molar-refractivity contribution in [1.82, 2.24) is 14.9 Å². The van der Waals surface area contributed by atoms with E-state index in [1.165, 1.54) is 24.9 Å². The van der Waals surface area contributed by atoms with Crippen LogP contribution in [-0.2, 0) is 10.0 Å². The topological polar surface area (TPSA) is 73.8 Å². The predicted octanol–water partition coefficient (Wildman–Crippen LogP) is 1.09. The number of sulfonamides is 1. The molecule has 0 spiro atoms. The minimum atomic E-state index is -3.10. The van der Waals surface area contributed by atoms with Gasteiger partial charge >= 0.3 is 0 Å². The van der Waals surface area contributed by atoms with Crippen LogP contribution in [0, 0.1) is 0 Å². The summed E-state index contributed by atoms with van der Waals surface area (Å²) in [6.45, 7) is 2.17. The van der Waals surface area contributed by atoms with Gasteiger partial charge in [0.1, 0.15) is 0 Å². The maximum Gasteiger partial charge on any atom is 0.211 e. The molecule has 0 aromatic rings. The Morgan fingerprint density at radius 1 is 1.27 bits per heavy atom. The number of guanidine groups is 1. The highest BCUT2D eigenvalue weighted by molar-refractivity contribution is 14.0. The van der Waals surface area contributed by atoms with Crippen molar-refractivity contribution in [2.24, 2.45) is 4.99 Å². The molecule has 6 nitrogen and oxygen atoms in total. The van der Waals surface area contributed by atoms with Crippen molar-refractivity contribution in [2.45, 2.75) is 37.0 Å². The van der Waals surface area contributed by atoms with Crippen LogP contribution in [-0.4, -0.2) is 68.7 Å². The number of nitrogens with zero attached hydrogens (tertiary/aromatic N) is 2. The maximum atomic E-state index is 11.7. The molecule has 0 aliphatic carbocycles. The molecule has 2 fully saturated rings. The standard InChI is InChI=1S/C13H26N4O2S2.HI/c1-14-13(16-10-12-6-4-8-20-12)15-9-11-5-3-7-17(11)21(2,18)19;/h11-12H,3-10H2,1-2H3,(H2,14,15,16);1H/t11-,12?;/m1./s1. The lowest BCUT2D eigenvalue weighted by Crippen LogP contribution is -2.47. The molecule has 0 aromatic carbocycles. The van der Waals surface area contributed by atoms with Gasteiger partial charge in [-0.1, -0.05) is 0 Å². The van der Waals surface area contributed by atoms with Crippen LogP contribution in [0.5, 0.6) is 0 Å². The van der Waals surface area contributed by atoms with Crippen LogP contribution < -0.4 is 10.6 Å². The Morgan fingerprint density at radius 2 is 2.00 bits per heavy atom. The van der Waals surface area contributed by atoms with Crippen LogP contribution >= 0.6 is 35.7 Å². The van der Waals surface area contributed by atoms with E-state index < -0.39 is 10.0 Å². The average molecular weight is 462 g/mol. The third-order valence-electron chi connectivity index (χ3n) is 4.00. The lowest BCUT2D eigenvalue weighted by Gasteiger charge is -2.23. The summed E-state index contributed by atoms with van der Waals surface area (Å²) >= 11 is 2.01. The van der Waals surface area contributed by atoms with Crippen LogP contribution in [0.4, 0.5) is 0 Å². The van der Waals surface area contributed by atoms with Crippen molar-refractivity contribution >= 4 is 51.7 Å². The molecule has 9 heteroatoms. The Morgan fingerprint density at radius 3 is 2.59 bits per heavy atom. The molecule has 2 aliphatic rings. The van der Waals surface area contributed by atoms with E-state index in [0.717, 1.165) is 25.3 Å². The molecule has 2 heterocycles. The lowest BCUT2D eigenvalue weighted by atomic mass is 10.2. The van der Waals surface area contributed by atoms with Crippen LogP contribution in [0.1, 0.15) is 25.7 Å². The molecule has 0 saturated carbocycles. The van der Waals surface area contributed by atoms with Gasteiger partial charge in [-0.25, -0.2) is 8.42 Å². The van der Waals surface area contributed by atoms with Crippen LogP contribution in [0.25, 0.3) is 0 Å². The predicted molar refractivity (Wildman–Crippen MR) is 105 cm³/mol. The van der Waals surface area contributed by atoms with E-state index in [4.69, 9.17) is 0 Å². The van der Waals surface area contributed by atoms with Gasteiger partial charge in [-0.15, -0.1) is 24.0 Å². The first-order chi connectivity index (χ1) is 10.0. The van der Waals surface area contributed by atoms with Crippen molar-refractivity contribution in [1.29, 1.82) is 0 Å². The molecule has 0 bridgehead atoms. The van der Waals surface area contributed by atoms with Crippen molar-refractivity contribution in [3.05, 3.63) is 0 Å². The zero-order valence-corrected chi connectivity index (χ0v) is 17.2. The number of thioether (sulfide) groups is 1. The first-order valence-corrected chi connectivity index (χ1v) is 10.4. The summed E-state index contributed by atoms with van der Waals surface area (Å²) in [5, 5.41) is 7.27. The highest BCUT2D eigenvalue weighted by Crippen LogP contribution is 2.25. The van der Waals surface area contributed by atoms with Crippen LogP contribution in [0.3, 0.4) is 0 Å². The molecule has 130 valence electrons. The molecule has 2 N–H and O–H groups in total. The second-order valence-corrected chi connectivity index (χ2v) is 8.98. The van der Waals surface area contributed by atoms with Crippen molar-refractivity contribution in [3.8, 4) is 0 Å². The van der Waals surface area contributed by atoms with E-state index in [2.05, 4.69) is 15.6 Å². The normalized spacial score (nSPS) is 26.7. The number of rotatable bonds is 5.